The number of nitrogens with one attached hydrogen (secondary N) is 1. The molecule has 0 saturated carbocycles. The second kappa shape index (κ2) is 7.25. The number of para-hydroxylation sites is 1. The van der Waals surface area contributed by atoms with Crippen molar-refractivity contribution in [2.24, 2.45) is 7.05 Å². The van der Waals surface area contributed by atoms with Crippen molar-refractivity contribution in [3.05, 3.63) is 76.8 Å². The fourth-order valence-corrected chi connectivity index (χ4v) is 3.97. The number of amides is 1. The number of ether oxygens (including phenoxy) is 1. The van der Waals surface area contributed by atoms with Gasteiger partial charge in [-0.2, -0.15) is 5.10 Å². The summed E-state index contributed by atoms with van der Waals surface area (Å²) in [6.45, 7) is 2.39. The highest BCUT2D eigenvalue weighted by atomic mass is 32.1. The Morgan fingerprint density at radius 2 is 1.89 bits per heavy atom. The Balaban J connectivity index is 1.44. The lowest BCUT2D eigenvalue weighted by molar-refractivity contribution is 0.0955. The van der Waals surface area contributed by atoms with Gasteiger partial charge < -0.3 is 10.1 Å². The first-order valence-electron chi connectivity index (χ1n) is 8.63. The molecule has 0 fully saturated rings. The molecule has 0 saturated heterocycles. The lowest BCUT2D eigenvalue weighted by Crippen LogP contribution is -2.21. The molecule has 4 aromatic rings. The van der Waals surface area contributed by atoms with Crippen LogP contribution < -0.4 is 10.1 Å². The van der Waals surface area contributed by atoms with E-state index >= 15 is 0 Å². The van der Waals surface area contributed by atoms with Gasteiger partial charge in [-0.1, -0.05) is 30.3 Å². The first kappa shape index (κ1) is 17.3. The van der Waals surface area contributed by atoms with Crippen LogP contribution in [0.5, 0.6) is 11.5 Å². The fourth-order valence-electron chi connectivity index (χ4n) is 2.93. The molecule has 0 spiro atoms. The Morgan fingerprint density at radius 3 is 2.67 bits per heavy atom. The summed E-state index contributed by atoms with van der Waals surface area (Å²) in [7, 11) is 1.89. The van der Waals surface area contributed by atoms with Crippen molar-refractivity contribution in [2.75, 3.05) is 0 Å². The van der Waals surface area contributed by atoms with E-state index in [2.05, 4.69) is 10.4 Å². The molecule has 0 bridgehead atoms. The van der Waals surface area contributed by atoms with Crippen molar-refractivity contribution >= 4 is 27.5 Å². The van der Waals surface area contributed by atoms with Crippen LogP contribution in [0, 0.1) is 6.92 Å². The second-order valence-electron chi connectivity index (χ2n) is 6.28. The SMILES string of the molecule is Cc1nn(C)c2sc(C(=O)NCc3cccc(Oc4ccccc4)c3)cc12. The summed E-state index contributed by atoms with van der Waals surface area (Å²) < 4.78 is 7.66. The molecular formula is C21H19N3O2S. The van der Waals surface area contributed by atoms with E-state index in [1.807, 2.05) is 79.3 Å². The molecule has 4 rings (SSSR count). The van der Waals surface area contributed by atoms with Crippen LogP contribution in [-0.4, -0.2) is 15.7 Å². The van der Waals surface area contributed by atoms with Gasteiger partial charge >= 0.3 is 0 Å². The predicted octanol–water partition coefficient (Wildman–Crippen LogP) is 4.67. The summed E-state index contributed by atoms with van der Waals surface area (Å²) in [5.74, 6) is 1.45. The van der Waals surface area contributed by atoms with Gasteiger partial charge in [0.05, 0.1) is 10.6 Å². The van der Waals surface area contributed by atoms with Crippen molar-refractivity contribution in [1.82, 2.24) is 15.1 Å². The zero-order valence-corrected chi connectivity index (χ0v) is 15.9. The molecule has 0 atom stereocenters. The molecule has 0 radical (unpaired) electrons. The summed E-state index contributed by atoms with van der Waals surface area (Å²) in [5.41, 5.74) is 1.92. The number of nitrogens with zero attached hydrogens (tertiary/aromatic N) is 2. The quantitative estimate of drug-likeness (QED) is 0.550. The molecule has 5 nitrogen and oxygen atoms in total. The van der Waals surface area contributed by atoms with Crippen molar-refractivity contribution in [1.29, 1.82) is 0 Å². The Bertz CT molecular complexity index is 1060. The Hall–Kier alpha value is -3.12. The first-order valence-corrected chi connectivity index (χ1v) is 9.45. The standard InChI is InChI=1S/C21H19N3O2S/c1-14-18-12-19(27-21(18)24(2)23-14)20(25)22-13-15-7-6-10-17(11-15)26-16-8-4-3-5-9-16/h3-12H,13H2,1-2H3,(H,22,25). The minimum Gasteiger partial charge on any atom is -0.457 e. The topological polar surface area (TPSA) is 56.2 Å². The third-order valence-electron chi connectivity index (χ3n) is 4.25. The molecule has 0 aliphatic rings. The third kappa shape index (κ3) is 3.71. The van der Waals surface area contributed by atoms with Gasteiger partial charge in [-0.15, -0.1) is 11.3 Å². The molecule has 2 aromatic carbocycles. The number of thiophene rings is 1. The highest BCUT2D eigenvalue weighted by Gasteiger charge is 2.14. The molecule has 27 heavy (non-hydrogen) atoms. The maximum atomic E-state index is 12.5. The van der Waals surface area contributed by atoms with Crippen LogP contribution in [0.2, 0.25) is 0 Å². The van der Waals surface area contributed by atoms with Gasteiger partial charge in [0.2, 0.25) is 0 Å². The maximum absolute atomic E-state index is 12.5. The molecule has 1 amide bonds. The zero-order chi connectivity index (χ0) is 18.8. The first-order chi connectivity index (χ1) is 13.1. The summed E-state index contributed by atoms with van der Waals surface area (Å²) >= 11 is 1.46. The van der Waals surface area contributed by atoms with Gasteiger partial charge in [0.1, 0.15) is 16.3 Å². The molecule has 0 aliphatic heterocycles. The normalized spacial score (nSPS) is 10.9. The van der Waals surface area contributed by atoms with Crippen LogP contribution in [0.4, 0.5) is 0 Å². The Labute approximate surface area is 161 Å². The van der Waals surface area contributed by atoms with Crippen LogP contribution in [0.1, 0.15) is 20.9 Å². The average Bonchev–Trinajstić information content (AvgIpc) is 3.23. The summed E-state index contributed by atoms with van der Waals surface area (Å²) in [5, 5.41) is 8.39. The van der Waals surface area contributed by atoms with E-state index in [1.165, 1.54) is 11.3 Å². The molecular weight excluding hydrogens is 358 g/mol. The van der Waals surface area contributed by atoms with E-state index in [0.29, 0.717) is 11.4 Å². The summed E-state index contributed by atoms with van der Waals surface area (Å²) in [4.78, 5) is 14.2. The summed E-state index contributed by atoms with van der Waals surface area (Å²) in [6, 6.07) is 19.3. The number of hydrogen-bond donors (Lipinski definition) is 1. The molecule has 0 aliphatic carbocycles. The molecule has 136 valence electrons. The molecule has 2 heterocycles. The Morgan fingerprint density at radius 1 is 1.11 bits per heavy atom. The lowest BCUT2D eigenvalue weighted by Gasteiger charge is -2.08. The van der Waals surface area contributed by atoms with E-state index in [4.69, 9.17) is 4.74 Å². The van der Waals surface area contributed by atoms with Gasteiger partial charge in [-0.05, 0) is 42.8 Å². The summed E-state index contributed by atoms with van der Waals surface area (Å²) in [6.07, 6.45) is 0. The Kier molecular flexibility index (Phi) is 4.64. The van der Waals surface area contributed by atoms with Crippen molar-refractivity contribution < 1.29 is 9.53 Å². The number of carbonyl (C=O) groups is 1. The van der Waals surface area contributed by atoms with Crippen LogP contribution in [0.25, 0.3) is 10.2 Å². The van der Waals surface area contributed by atoms with Crippen LogP contribution >= 0.6 is 11.3 Å². The van der Waals surface area contributed by atoms with E-state index in [9.17, 15) is 4.79 Å². The largest absolute Gasteiger partial charge is 0.457 e. The number of carbonyl (C=O) groups excluding carboxylic acids is 1. The van der Waals surface area contributed by atoms with Crippen molar-refractivity contribution in [3.63, 3.8) is 0 Å². The van der Waals surface area contributed by atoms with Crippen LogP contribution in [0.15, 0.2) is 60.7 Å². The van der Waals surface area contributed by atoms with Crippen LogP contribution in [0.3, 0.4) is 0 Å². The number of hydrogen-bond acceptors (Lipinski definition) is 4. The number of benzene rings is 2. The molecule has 0 unspecified atom stereocenters. The maximum Gasteiger partial charge on any atom is 0.261 e. The van der Waals surface area contributed by atoms with Crippen molar-refractivity contribution in [2.45, 2.75) is 13.5 Å². The minimum absolute atomic E-state index is 0.0787. The van der Waals surface area contributed by atoms with E-state index in [1.54, 1.807) is 0 Å². The second-order valence-corrected chi connectivity index (χ2v) is 7.31. The van der Waals surface area contributed by atoms with Gasteiger partial charge in [0, 0.05) is 19.0 Å². The zero-order valence-electron chi connectivity index (χ0n) is 15.1. The van der Waals surface area contributed by atoms with Gasteiger partial charge in [-0.3, -0.25) is 9.48 Å². The molecule has 6 heteroatoms. The monoisotopic (exact) mass is 377 g/mol. The number of fused-ring (bicyclic) bond motifs is 1. The van der Waals surface area contributed by atoms with Gasteiger partial charge in [0.15, 0.2) is 0 Å². The average molecular weight is 377 g/mol. The smallest absolute Gasteiger partial charge is 0.261 e. The number of aryl methyl sites for hydroxylation is 2. The van der Waals surface area contributed by atoms with E-state index in [-0.39, 0.29) is 5.91 Å². The molecule has 1 N–H and O–H groups in total. The van der Waals surface area contributed by atoms with Crippen LogP contribution in [-0.2, 0) is 13.6 Å². The minimum atomic E-state index is -0.0787. The van der Waals surface area contributed by atoms with E-state index < -0.39 is 0 Å². The van der Waals surface area contributed by atoms with Crippen molar-refractivity contribution in [3.8, 4) is 11.5 Å². The highest BCUT2D eigenvalue weighted by molar-refractivity contribution is 7.20. The predicted molar refractivity (Wildman–Crippen MR) is 107 cm³/mol. The van der Waals surface area contributed by atoms with Gasteiger partial charge in [-0.25, -0.2) is 0 Å². The lowest BCUT2D eigenvalue weighted by atomic mass is 10.2. The van der Waals surface area contributed by atoms with Gasteiger partial charge in [0.25, 0.3) is 5.91 Å². The fraction of sp³-hybridized carbons (Fsp3) is 0.143. The van der Waals surface area contributed by atoms with E-state index in [0.717, 1.165) is 33.0 Å². The third-order valence-corrected chi connectivity index (χ3v) is 5.45. The number of aromatic nitrogens is 2. The number of rotatable bonds is 5. The highest BCUT2D eigenvalue weighted by Crippen LogP contribution is 2.27. The molecule has 2 aromatic heterocycles.